The Balaban J connectivity index is 1.70. The molecule has 2 aromatic carbocycles. The van der Waals surface area contributed by atoms with E-state index >= 15 is 0 Å². The number of sulfone groups is 1. The van der Waals surface area contributed by atoms with Crippen LogP contribution in [0.15, 0.2) is 47.4 Å². The largest absolute Gasteiger partial charge is 0.321 e. The number of nitrogens with zero attached hydrogens (tertiary/aromatic N) is 3. The number of carbonyl (C=O) groups is 1. The van der Waals surface area contributed by atoms with E-state index in [0.717, 1.165) is 17.5 Å². The summed E-state index contributed by atoms with van der Waals surface area (Å²) in [7, 11) is -3.34. The highest BCUT2D eigenvalue weighted by atomic mass is 35.5. The van der Waals surface area contributed by atoms with Crippen LogP contribution in [0.4, 0.5) is 5.69 Å². The van der Waals surface area contributed by atoms with Crippen molar-refractivity contribution in [2.75, 3.05) is 11.6 Å². The van der Waals surface area contributed by atoms with Crippen molar-refractivity contribution in [1.29, 1.82) is 0 Å². The summed E-state index contributed by atoms with van der Waals surface area (Å²) in [5, 5.41) is 12.5. The Morgan fingerprint density at radius 3 is 2.33 bits per heavy atom. The normalized spacial score (nSPS) is 12.3. The van der Waals surface area contributed by atoms with Crippen molar-refractivity contribution in [2.24, 2.45) is 0 Å². The molecule has 0 fully saturated rings. The molecule has 2 N–H and O–H groups in total. The Morgan fingerprint density at radius 2 is 1.76 bits per heavy atom. The molecule has 0 spiro atoms. The summed E-state index contributed by atoms with van der Waals surface area (Å²) in [4.78, 5) is 16.3. The minimum atomic E-state index is -3.34. The van der Waals surface area contributed by atoms with E-state index in [9.17, 15) is 13.2 Å². The quantitative estimate of drug-likeness (QED) is 0.437. The van der Waals surface area contributed by atoms with Crippen LogP contribution in [0.25, 0.3) is 17.0 Å². The third kappa shape index (κ3) is 4.38. The predicted octanol–water partition coefficient (Wildman–Crippen LogP) is 4.64. The van der Waals surface area contributed by atoms with Gasteiger partial charge in [0.2, 0.25) is 0 Å². The van der Waals surface area contributed by atoms with Gasteiger partial charge in [-0.25, -0.2) is 8.42 Å². The number of aromatic amines is 1. The van der Waals surface area contributed by atoms with E-state index in [0.29, 0.717) is 33.3 Å². The molecular formula is C23H24ClN5O3S. The average Bonchev–Trinajstić information content (AvgIpc) is 3.26. The fourth-order valence-corrected chi connectivity index (χ4v) is 4.60. The smallest absolute Gasteiger partial charge is 0.255 e. The Bertz CT molecular complexity index is 1480. The van der Waals surface area contributed by atoms with E-state index < -0.39 is 9.84 Å². The number of amides is 1. The molecule has 0 bridgehead atoms. The van der Waals surface area contributed by atoms with Crippen molar-refractivity contribution >= 4 is 38.7 Å². The Hall–Kier alpha value is -3.17. The standard InChI is InChI=1S/C23H24ClN5O3S/c1-13-7-6-8-16(25-22(30)14-9-11-15(12-10-14)33(5,31)32)17(13)20-26-21-18(24)19(23(2,3)4)27-29(21)28-20/h6-12H,1-5H3,(H,25,30)(H,26,28). The molecule has 1 amide bonds. The lowest BCUT2D eigenvalue weighted by Gasteiger charge is -2.15. The third-order valence-electron chi connectivity index (χ3n) is 5.25. The first-order chi connectivity index (χ1) is 15.4. The van der Waals surface area contributed by atoms with Crippen molar-refractivity contribution in [3.63, 3.8) is 0 Å². The van der Waals surface area contributed by atoms with Crippen LogP contribution < -0.4 is 5.32 Å². The van der Waals surface area contributed by atoms with Crippen LogP contribution in [-0.2, 0) is 15.3 Å². The van der Waals surface area contributed by atoms with Gasteiger partial charge in [-0.3, -0.25) is 4.79 Å². The van der Waals surface area contributed by atoms with Crippen molar-refractivity contribution < 1.29 is 13.2 Å². The summed E-state index contributed by atoms with van der Waals surface area (Å²) in [6, 6.07) is 11.3. The lowest BCUT2D eigenvalue weighted by Crippen LogP contribution is -2.14. The van der Waals surface area contributed by atoms with Gasteiger partial charge in [0.05, 0.1) is 16.3 Å². The van der Waals surface area contributed by atoms with Crippen LogP contribution in [0.1, 0.15) is 42.4 Å². The van der Waals surface area contributed by atoms with E-state index in [4.69, 9.17) is 11.6 Å². The molecule has 0 aliphatic rings. The number of anilines is 1. The number of hydrogen-bond donors (Lipinski definition) is 2. The van der Waals surface area contributed by atoms with Gasteiger partial charge in [0.25, 0.3) is 5.91 Å². The molecular weight excluding hydrogens is 462 g/mol. The number of H-pyrrole nitrogens is 1. The first-order valence-corrected chi connectivity index (χ1v) is 12.5. The van der Waals surface area contributed by atoms with Gasteiger partial charge in [-0.15, -0.1) is 9.73 Å². The lowest BCUT2D eigenvalue weighted by molar-refractivity contribution is 0.102. The van der Waals surface area contributed by atoms with Gasteiger partial charge < -0.3 is 10.3 Å². The number of carbonyl (C=O) groups excluding carboxylic acids is 1. The number of benzene rings is 2. The lowest BCUT2D eigenvalue weighted by atomic mass is 9.92. The number of nitrogens with one attached hydrogen (secondary N) is 2. The number of aromatic nitrogens is 4. The molecule has 0 aliphatic carbocycles. The second-order valence-corrected chi connectivity index (χ2v) is 11.4. The molecule has 0 unspecified atom stereocenters. The maximum Gasteiger partial charge on any atom is 0.255 e. The molecule has 4 aromatic rings. The van der Waals surface area contributed by atoms with E-state index in [-0.39, 0.29) is 16.2 Å². The monoisotopic (exact) mass is 485 g/mol. The van der Waals surface area contributed by atoms with Gasteiger partial charge in [-0.05, 0) is 42.8 Å². The van der Waals surface area contributed by atoms with Gasteiger partial charge in [-0.1, -0.05) is 44.5 Å². The molecule has 0 atom stereocenters. The molecule has 172 valence electrons. The minimum Gasteiger partial charge on any atom is -0.321 e. The van der Waals surface area contributed by atoms with E-state index in [1.165, 1.54) is 28.9 Å². The second-order valence-electron chi connectivity index (χ2n) is 8.97. The molecule has 4 rings (SSSR count). The highest BCUT2D eigenvalue weighted by Gasteiger charge is 2.26. The zero-order chi connectivity index (χ0) is 24.1. The number of halogens is 1. The molecule has 0 saturated heterocycles. The van der Waals surface area contributed by atoms with Crippen molar-refractivity contribution in [2.45, 2.75) is 38.0 Å². The highest BCUT2D eigenvalue weighted by molar-refractivity contribution is 7.90. The van der Waals surface area contributed by atoms with Gasteiger partial charge in [0.15, 0.2) is 21.3 Å². The fraction of sp³-hybridized carbons (Fsp3) is 0.261. The van der Waals surface area contributed by atoms with Gasteiger partial charge in [0, 0.05) is 22.8 Å². The number of rotatable bonds is 4. The summed E-state index contributed by atoms with van der Waals surface area (Å²) in [6.45, 7) is 8.00. The topological polar surface area (TPSA) is 109 Å². The molecule has 0 saturated carbocycles. The summed E-state index contributed by atoms with van der Waals surface area (Å²) in [5.41, 5.74) is 3.57. The Labute approximate surface area is 196 Å². The zero-order valence-electron chi connectivity index (χ0n) is 18.9. The SMILES string of the molecule is Cc1cccc(NC(=O)c2ccc(S(C)(=O)=O)cc2)c1-c1nn2nc(C(C)(C)C)c(Cl)c2[nH]1. The second kappa shape index (κ2) is 8.00. The predicted molar refractivity (Wildman–Crippen MR) is 129 cm³/mol. The van der Waals surface area contributed by atoms with Gasteiger partial charge in [0.1, 0.15) is 5.02 Å². The third-order valence-corrected chi connectivity index (χ3v) is 6.74. The van der Waals surface area contributed by atoms with Gasteiger partial charge in [-0.2, -0.15) is 5.10 Å². The fourth-order valence-electron chi connectivity index (χ4n) is 3.52. The maximum atomic E-state index is 12.9. The van der Waals surface area contributed by atoms with Crippen LogP contribution in [0.5, 0.6) is 0 Å². The van der Waals surface area contributed by atoms with E-state index in [2.05, 4.69) is 20.5 Å². The van der Waals surface area contributed by atoms with Crippen molar-refractivity contribution in [3.8, 4) is 11.4 Å². The molecule has 0 radical (unpaired) electrons. The van der Waals surface area contributed by atoms with Crippen LogP contribution in [0.3, 0.4) is 0 Å². The van der Waals surface area contributed by atoms with Crippen LogP contribution in [0, 0.1) is 6.92 Å². The van der Waals surface area contributed by atoms with Crippen LogP contribution in [-0.4, -0.2) is 40.4 Å². The maximum absolute atomic E-state index is 12.9. The molecule has 10 heteroatoms. The highest BCUT2D eigenvalue weighted by Crippen LogP contribution is 2.34. The summed E-state index contributed by atoms with van der Waals surface area (Å²) in [5.74, 6) is 0.145. The number of fused-ring (bicyclic) bond motifs is 1. The first-order valence-electron chi connectivity index (χ1n) is 10.2. The Kier molecular flexibility index (Phi) is 5.58. The van der Waals surface area contributed by atoms with Gasteiger partial charge >= 0.3 is 0 Å². The first kappa shape index (κ1) is 23.0. The average molecular weight is 486 g/mol. The molecule has 2 heterocycles. The molecule has 2 aromatic heterocycles. The van der Waals surface area contributed by atoms with E-state index in [1.54, 1.807) is 6.07 Å². The van der Waals surface area contributed by atoms with Crippen LogP contribution >= 0.6 is 11.6 Å². The van der Waals surface area contributed by atoms with Crippen molar-refractivity contribution in [3.05, 3.63) is 64.3 Å². The molecule has 0 aliphatic heterocycles. The minimum absolute atomic E-state index is 0.153. The van der Waals surface area contributed by atoms with Crippen molar-refractivity contribution in [1.82, 2.24) is 19.8 Å². The van der Waals surface area contributed by atoms with Crippen LogP contribution in [0.2, 0.25) is 5.02 Å². The summed E-state index contributed by atoms with van der Waals surface area (Å²) in [6.07, 6.45) is 1.12. The molecule has 8 nitrogen and oxygen atoms in total. The zero-order valence-corrected chi connectivity index (χ0v) is 20.5. The number of aryl methyl sites for hydroxylation is 1. The summed E-state index contributed by atoms with van der Waals surface area (Å²) >= 11 is 6.56. The molecule has 33 heavy (non-hydrogen) atoms. The summed E-state index contributed by atoms with van der Waals surface area (Å²) < 4.78 is 24.8. The number of hydrogen-bond acceptors (Lipinski definition) is 5. The Morgan fingerprint density at radius 1 is 1.09 bits per heavy atom. The van der Waals surface area contributed by atoms with E-state index in [1.807, 2.05) is 39.8 Å².